The molecule has 0 bridgehead atoms. The topological polar surface area (TPSA) is 91.8 Å². The van der Waals surface area contributed by atoms with Crippen molar-refractivity contribution in [2.75, 3.05) is 0 Å². The molecular weight excluding hydrogens is 337 g/mol. The molecule has 2 rings (SSSR count). The minimum absolute atomic E-state index is 0.0141. The lowest BCUT2D eigenvalue weighted by Gasteiger charge is -2.10. The number of nitriles is 1. The molecule has 0 aliphatic heterocycles. The molecule has 0 saturated carbocycles. The first kappa shape index (κ1) is 16.5. The van der Waals surface area contributed by atoms with Crippen molar-refractivity contribution in [3.63, 3.8) is 0 Å². The van der Waals surface area contributed by atoms with Gasteiger partial charge in [-0.15, -0.1) is 0 Å². The number of aliphatic carboxylic acids is 1. The van der Waals surface area contributed by atoms with Crippen LogP contribution in [0, 0.1) is 11.3 Å². The maximum Gasteiger partial charge on any atom is 0.417 e. The summed E-state index contributed by atoms with van der Waals surface area (Å²) in [6, 6.07) is 2.46. The lowest BCUT2D eigenvalue weighted by Crippen LogP contribution is -2.09. The van der Waals surface area contributed by atoms with Crippen molar-refractivity contribution in [1.29, 1.82) is 5.26 Å². The van der Waals surface area contributed by atoms with E-state index in [2.05, 4.69) is 10.1 Å². The van der Waals surface area contributed by atoms with Crippen molar-refractivity contribution in [2.45, 2.75) is 6.18 Å². The number of carboxylic acids is 1. The van der Waals surface area contributed by atoms with Crippen LogP contribution in [-0.2, 0) is 11.0 Å². The molecule has 0 saturated heterocycles. The zero-order chi connectivity index (χ0) is 17.2. The van der Waals surface area contributed by atoms with Gasteiger partial charge in [0.25, 0.3) is 0 Å². The van der Waals surface area contributed by atoms with Gasteiger partial charge in [0.05, 0.1) is 28.0 Å². The number of nitrogens with zero attached hydrogens (tertiary/aromatic N) is 4. The molecule has 1 N–H and O–H groups in total. The Morgan fingerprint density at radius 1 is 1.43 bits per heavy atom. The molecule has 0 fully saturated rings. The van der Waals surface area contributed by atoms with Crippen molar-refractivity contribution < 1.29 is 23.1 Å². The van der Waals surface area contributed by atoms with E-state index < -0.39 is 17.7 Å². The fourth-order valence-electron chi connectivity index (χ4n) is 1.66. The predicted molar refractivity (Wildman–Crippen MR) is 72.8 cm³/mol. The number of pyridine rings is 1. The number of carbonyl (C=O) groups is 1. The molecule has 118 valence electrons. The van der Waals surface area contributed by atoms with Gasteiger partial charge in [-0.2, -0.15) is 23.5 Å². The van der Waals surface area contributed by atoms with Crippen molar-refractivity contribution in [3.8, 4) is 11.9 Å². The van der Waals surface area contributed by atoms with Crippen molar-refractivity contribution in [3.05, 3.63) is 46.4 Å². The van der Waals surface area contributed by atoms with Gasteiger partial charge < -0.3 is 5.11 Å². The fraction of sp³-hybridized carbons (Fsp3) is 0.0769. The molecular formula is C13H6ClF3N4O2. The summed E-state index contributed by atoms with van der Waals surface area (Å²) in [4.78, 5) is 14.2. The van der Waals surface area contributed by atoms with Crippen LogP contribution in [0.1, 0.15) is 16.8 Å². The first-order valence-corrected chi connectivity index (χ1v) is 6.24. The van der Waals surface area contributed by atoms with E-state index in [1.54, 1.807) is 6.07 Å². The summed E-state index contributed by atoms with van der Waals surface area (Å²) in [5, 5.41) is 21.1. The largest absolute Gasteiger partial charge is 0.478 e. The van der Waals surface area contributed by atoms with E-state index in [0.29, 0.717) is 12.3 Å². The van der Waals surface area contributed by atoms with Gasteiger partial charge in [-0.1, -0.05) is 11.6 Å². The second-order valence-electron chi connectivity index (χ2n) is 4.17. The Morgan fingerprint density at radius 3 is 2.65 bits per heavy atom. The molecule has 0 spiro atoms. The summed E-state index contributed by atoms with van der Waals surface area (Å²) in [5.41, 5.74) is -0.995. The molecule has 23 heavy (non-hydrogen) atoms. The molecule has 0 aliphatic rings. The number of hydrogen-bond acceptors (Lipinski definition) is 4. The predicted octanol–water partition coefficient (Wildman–Crippen LogP) is 2.91. The third-order valence-corrected chi connectivity index (χ3v) is 2.94. The summed E-state index contributed by atoms with van der Waals surface area (Å²) < 4.78 is 38.8. The maximum atomic E-state index is 12.6. The Labute approximate surface area is 132 Å². The lowest BCUT2D eigenvalue weighted by atomic mass is 10.2. The monoisotopic (exact) mass is 342 g/mol. The summed E-state index contributed by atoms with van der Waals surface area (Å²) in [6.07, 6.45) is -1.09. The molecule has 0 amide bonds. The average Bonchev–Trinajstić information content (AvgIpc) is 2.86. The van der Waals surface area contributed by atoms with Gasteiger partial charge in [-0.05, 0) is 12.1 Å². The molecule has 6 nitrogen and oxygen atoms in total. The first-order valence-electron chi connectivity index (χ1n) is 5.86. The highest BCUT2D eigenvalue weighted by molar-refractivity contribution is 6.32. The van der Waals surface area contributed by atoms with Crippen LogP contribution in [0.15, 0.2) is 24.5 Å². The Hall–Kier alpha value is -2.86. The number of halogens is 4. The second kappa shape index (κ2) is 6.10. The van der Waals surface area contributed by atoms with Crippen LogP contribution < -0.4 is 0 Å². The number of aromatic nitrogens is 3. The highest BCUT2D eigenvalue weighted by atomic mass is 35.5. The normalized spacial score (nSPS) is 11.6. The highest BCUT2D eigenvalue weighted by Gasteiger charge is 2.32. The number of hydrogen-bond donors (Lipinski definition) is 1. The van der Waals surface area contributed by atoms with Gasteiger partial charge in [0, 0.05) is 12.3 Å². The van der Waals surface area contributed by atoms with E-state index in [-0.39, 0.29) is 22.1 Å². The van der Waals surface area contributed by atoms with Crippen LogP contribution >= 0.6 is 11.6 Å². The maximum absolute atomic E-state index is 12.6. The third kappa shape index (κ3) is 3.49. The van der Waals surface area contributed by atoms with Crippen LogP contribution in [0.4, 0.5) is 13.2 Å². The third-order valence-electron chi connectivity index (χ3n) is 2.66. The van der Waals surface area contributed by atoms with Gasteiger partial charge in [0.1, 0.15) is 6.07 Å². The minimum atomic E-state index is -4.61. The van der Waals surface area contributed by atoms with E-state index in [1.165, 1.54) is 0 Å². The first-order chi connectivity index (χ1) is 10.7. The highest BCUT2D eigenvalue weighted by Crippen LogP contribution is 2.32. The average molecular weight is 343 g/mol. The van der Waals surface area contributed by atoms with Gasteiger partial charge in [-0.3, -0.25) is 0 Å². The standard InChI is InChI=1S/C13H6ClF3N4O2/c14-9-3-8(13(15,16)17)6-19-12(9)21-10(1-2-11(22)23)7(4-18)5-20-21/h1-3,5-6H,(H,22,23)/b2-1+. The Morgan fingerprint density at radius 2 is 2.13 bits per heavy atom. The molecule has 0 atom stereocenters. The van der Waals surface area contributed by atoms with Crippen molar-refractivity contribution >= 4 is 23.6 Å². The van der Waals surface area contributed by atoms with E-state index in [0.717, 1.165) is 23.0 Å². The van der Waals surface area contributed by atoms with Gasteiger partial charge in [0.15, 0.2) is 5.82 Å². The smallest absolute Gasteiger partial charge is 0.417 e. The molecule has 0 aliphatic carbocycles. The Kier molecular flexibility index (Phi) is 4.38. The molecule has 2 heterocycles. The van der Waals surface area contributed by atoms with Crippen molar-refractivity contribution in [2.24, 2.45) is 0 Å². The summed E-state index contributed by atoms with van der Waals surface area (Å²) in [5.74, 6) is -1.43. The molecule has 2 aromatic rings. The number of alkyl halides is 3. The minimum Gasteiger partial charge on any atom is -0.478 e. The molecule has 0 aromatic carbocycles. The second-order valence-corrected chi connectivity index (χ2v) is 4.57. The SMILES string of the molecule is N#Cc1cnn(-c2ncc(C(F)(F)F)cc2Cl)c1/C=C/C(=O)O. The van der Waals surface area contributed by atoms with Gasteiger partial charge >= 0.3 is 12.1 Å². The molecule has 2 aromatic heterocycles. The van der Waals surface area contributed by atoms with E-state index in [9.17, 15) is 18.0 Å². The van der Waals surface area contributed by atoms with Crippen LogP contribution in [0.3, 0.4) is 0 Å². The summed E-state index contributed by atoms with van der Waals surface area (Å²) >= 11 is 5.81. The summed E-state index contributed by atoms with van der Waals surface area (Å²) in [7, 11) is 0. The van der Waals surface area contributed by atoms with Crippen LogP contribution in [0.5, 0.6) is 0 Å². The van der Waals surface area contributed by atoms with E-state index >= 15 is 0 Å². The zero-order valence-corrected chi connectivity index (χ0v) is 11.8. The fourth-order valence-corrected chi connectivity index (χ4v) is 1.91. The molecule has 0 radical (unpaired) electrons. The van der Waals surface area contributed by atoms with Crippen molar-refractivity contribution in [1.82, 2.24) is 14.8 Å². The Bertz CT molecular complexity index is 837. The molecule has 10 heteroatoms. The van der Waals surface area contributed by atoms with E-state index in [1.807, 2.05) is 0 Å². The summed E-state index contributed by atoms with van der Waals surface area (Å²) in [6.45, 7) is 0. The lowest BCUT2D eigenvalue weighted by molar-refractivity contribution is -0.137. The van der Waals surface area contributed by atoms with Gasteiger partial charge in [-0.25, -0.2) is 14.5 Å². The zero-order valence-electron chi connectivity index (χ0n) is 11.0. The van der Waals surface area contributed by atoms with Crippen LogP contribution in [0.2, 0.25) is 5.02 Å². The van der Waals surface area contributed by atoms with Crippen LogP contribution in [0.25, 0.3) is 11.9 Å². The van der Waals surface area contributed by atoms with E-state index in [4.69, 9.17) is 22.0 Å². The van der Waals surface area contributed by atoms with Gasteiger partial charge in [0.2, 0.25) is 0 Å². The number of rotatable bonds is 3. The Balaban J connectivity index is 2.57. The van der Waals surface area contributed by atoms with Crippen LogP contribution in [-0.4, -0.2) is 25.8 Å². The quantitative estimate of drug-likeness (QED) is 0.866. The number of carboxylic acid groups (broad SMARTS) is 1. The molecule has 0 unspecified atom stereocenters.